The molecule has 0 saturated carbocycles. The van der Waals surface area contributed by atoms with Crippen molar-refractivity contribution in [3.8, 4) is 56.4 Å². The Morgan fingerprint density at radius 2 is 0.833 bits per heavy atom. The number of benzene rings is 9. The molecule has 250 valence electrons. The van der Waals surface area contributed by atoms with Crippen LogP contribution >= 0.6 is 0 Å². The van der Waals surface area contributed by atoms with Crippen LogP contribution in [0.15, 0.2) is 180 Å². The van der Waals surface area contributed by atoms with Crippen molar-refractivity contribution in [1.29, 1.82) is 0 Å². The van der Waals surface area contributed by atoms with Crippen LogP contribution in [0.4, 0.5) is 0 Å². The molecule has 0 aliphatic carbocycles. The maximum Gasteiger partial charge on any atom is 0.260 e. The van der Waals surface area contributed by atoms with Gasteiger partial charge in [0.2, 0.25) is 0 Å². The molecule has 0 N–H and O–H groups in total. The highest BCUT2D eigenvalue weighted by Crippen LogP contribution is 2.49. The van der Waals surface area contributed by atoms with Crippen molar-refractivity contribution in [2.75, 3.05) is 0 Å². The van der Waals surface area contributed by atoms with Crippen molar-refractivity contribution < 1.29 is 13.9 Å². The largest absolute Gasteiger partial charge is 0.458 e. The number of para-hydroxylation sites is 4. The molecule has 3 nitrogen and oxygen atoms in total. The first-order valence-electron chi connectivity index (χ1n) is 18.5. The first-order chi connectivity index (χ1) is 26.8. The third kappa shape index (κ3) is 4.08. The summed E-state index contributed by atoms with van der Waals surface area (Å²) >= 11 is 0. The van der Waals surface area contributed by atoms with Gasteiger partial charge < -0.3 is 13.9 Å². The van der Waals surface area contributed by atoms with Gasteiger partial charge in [-0.25, -0.2) is 0 Å². The molecule has 9 aromatic carbocycles. The fraction of sp³-hybridized carbons (Fsp3) is 0. The number of furan rings is 1. The Morgan fingerprint density at radius 3 is 1.61 bits per heavy atom. The van der Waals surface area contributed by atoms with Gasteiger partial charge in [0.15, 0.2) is 0 Å². The van der Waals surface area contributed by atoms with Crippen molar-refractivity contribution in [1.82, 2.24) is 0 Å². The van der Waals surface area contributed by atoms with Gasteiger partial charge in [-0.1, -0.05) is 152 Å². The summed E-state index contributed by atoms with van der Waals surface area (Å²) in [7, 11) is 0. The van der Waals surface area contributed by atoms with Crippen LogP contribution in [-0.2, 0) is 0 Å². The zero-order valence-corrected chi connectivity index (χ0v) is 29.0. The van der Waals surface area contributed by atoms with Crippen molar-refractivity contribution >= 4 is 66.6 Å². The summed E-state index contributed by atoms with van der Waals surface area (Å²) in [5, 5.41) is 6.99. The van der Waals surface area contributed by atoms with E-state index in [0.29, 0.717) is 0 Å². The van der Waals surface area contributed by atoms with Gasteiger partial charge in [0.25, 0.3) is 6.71 Å². The van der Waals surface area contributed by atoms with Gasteiger partial charge in [0.05, 0.1) is 0 Å². The van der Waals surface area contributed by atoms with E-state index in [2.05, 4.69) is 152 Å². The maximum atomic E-state index is 6.94. The lowest BCUT2D eigenvalue weighted by Crippen LogP contribution is -2.57. The number of fused-ring (bicyclic) bond motifs is 9. The molecule has 1 aromatic heterocycles. The smallest absolute Gasteiger partial charge is 0.260 e. The zero-order valence-electron chi connectivity index (χ0n) is 29.0. The Labute approximate surface area is 311 Å². The van der Waals surface area contributed by atoms with Crippen molar-refractivity contribution in [2.45, 2.75) is 0 Å². The highest BCUT2D eigenvalue weighted by molar-refractivity contribution is 6.98. The third-order valence-corrected chi connectivity index (χ3v) is 11.4. The molecule has 10 aromatic rings. The highest BCUT2D eigenvalue weighted by Gasteiger charge is 2.40. The number of rotatable bonds is 3. The van der Waals surface area contributed by atoms with Crippen LogP contribution in [0.1, 0.15) is 0 Å². The predicted molar refractivity (Wildman–Crippen MR) is 223 cm³/mol. The second-order valence-corrected chi connectivity index (χ2v) is 14.2. The molecule has 2 aliphatic heterocycles. The van der Waals surface area contributed by atoms with Crippen LogP contribution in [0.2, 0.25) is 0 Å². The minimum atomic E-state index is -0.00101. The topological polar surface area (TPSA) is 31.6 Å². The molecule has 0 fully saturated rings. The number of ether oxygens (including phenoxy) is 2. The number of hydrogen-bond donors (Lipinski definition) is 0. The van der Waals surface area contributed by atoms with Crippen LogP contribution < -0.4 is 25.9 Å². The Hall–Kier alpha value is -7.04. The van der Waals surface area contributed by atoms with Crippen molar-refractivity contribution in [3.05, 3.63) is 176 Å². The van der Waals surface area contributed by atoms with Crippen LogP contribution in [-0.4, -0.2) is 6.71 Å². The maximum absolute atomic E-state index is 6.94. The SMILES string of the molecule is c1ccc2c(c1)Oc1cccc3c1B2c1cccc(-c2ccccc2-c2c4ccccc4c(-c4cccc5c4oc4ccccc45)c4ccccc24)c1O3. The molecule has 54 heavy (non-hydrogen) atoms. The van der Waals surface area contributed by atoms with E-state index in [-0.39, 0.29) is 6.71 Å². The molecule has 0 unspecified atom stereocenters. The lowest BCUT2D eigenvalue weighted by molar-refractivity contribution is 0.465. The average molecular weight is 689 g/mol. The Morgan fingerprint density at radius 1 is 0.333 bits per heavy atom. The Bertz CT molecular complexity index is 3140. The van der Waals surface area contributed by atoms with Crippen LogP contribution in [0.5, 0.6) is 23.0 Å². The van der Waals surface area contributed by atoms with Gasteiger partial charge in [-0.3, -0.25) is 0 Å². The van der Waals surface area contributed by atoms with E-state index in [0.717, 1.165) is 83.6 Å². The van der Waals surface area contributed by atoms with Crippen LogP contribution in [0.3, 0.4) is 0 Å². The van der Waals surface area contributed by atoms with Crippen LogP contribution in [0, 0.1) is 0 Å². The zero-order chi connectivity index (χ0) is 35.3. The quantitative estimate of drug-likeness (QED) is 0.137. The minimum absolute atomic E-state index is 0.00101. The molecule has 12 rings (SSSR count). The molecule has 0 spiro atoms. The summed E-state index contributed by atoms with van der Waals surface area (Å²) in [5.41, 5.74) is 12.0. The normalized spacial score (nSPS) is 12.7. The van der Waals surface area contributed by atoms with E-state index in [1.807, 2.05) is 24.3 Å². The first kappa shape index (κ1) is 29.5. The second kappa shape index (κ2) is 11.2. The Balaban J connectivity index is 1.13. The molecule has 0 saturated heterocycles. The number of hydrogen-bond acceptors (Lipinski definition) is 3. The van der Waals surface area contributed by atoms with Gasteiger partial charge in [-0.2, -0.15) is 0 Å². The standard InChI is InChI=1S/C50H29BO3/c1-2-16-32(30(14-1)37-22-12-25-41-50(37)54-45-29-13-28-44-48(45)51(41)40-24-8-10-27-43(40)52-44)46-33-17-3-5-19-35(33)47(36-20-6-4-18-34(36)46)39-23-11-21-38-31-15-7-9-26-42(31)53-49(38)39/h1-29H. The van der Waals surface area contributed by atoms with E-state index in [4.69, 9.17) is 13.9 Å². The van der Waals surface area contributed by atoms with Gasteiger partial charge in [0.1, 0.15) is 34.2 Å². The van der Waals surface area contributed by atoms with E-state index in [1.54, 1.807) is 0 Å². The van der Waals surface area contributed by atoms with E-state index < -0.39 is 0 Å². The van der Waals surface area contributed by atoms with Crippen LogP contribution in [0.25, 0.3) is 76.9 Å². The molecule has 3 heterocycles. The minimum Gasteiger partial charge on any atom is -0.458 e. The third-order valence-electron chi connectivity index (χ3n) is 11.4. The molecule has 0 radical (unpaired) electrons. The summed E-state index contributed by atoms with van der Waals surface area (Å²) in [5.74, 6) is 3.47. The monoisotopic (exact) mass is 688 g/mol. The highest BCUT2D eigenvalue weighted by atomic mass is 16.5. The molecule has 0 atom stereocenters. The van der Waals surface area contributed by atoms with Gasteiger partial charge in [-0.05, 0) is 73.4 Å². The summed E-state index contributed by atoms with van der Waals surface area (Å²) in [6.45, 7) is -0.00101. The van der Waals surface area contributed by atoms with Gasteiger partial charge in [0, 0.05) is 32.9 Å². The van der Waals surface area contributed by atoms with Crippen molar-refractivity contribution in [3.63, 3.8) is 0 Å². The molecule has 0 amide bonds. The van der Waals surface area contributed by atoms with Crippen molar-refractivity contribution in [2.24, 2.45) is 0 Å². The van der Waals surface area contributed by atoms with E-state index in [1.165, 1.54) is 32.7 Å². The van der Waals surface area contributed by atoms with E-state index in [9.17, 15) is 0 Å². The van der Waals surface area contributed by atoms with Gasteiger partial charge in [-0.15, -0.1) is 0 Å². The Kier molecular flexibility index (Phi) is 6.14. The molecule has 0 bridgehead atoms. The lowest BCUT2D eigenvalue weighted by atomic mass is 9.34. The fourth-order valence-electron chi connectivity index (χ4n) is 9.20. The average Bonchev–Trinajstić information content (AvgIpc) is 3.62. The summed E-state index contributed by atoms with van der Waals surface area (Å²) in [6, 6.07) is 62.4. The first-order valence-corrected chi connectivity index (χ1v) is 18.5. The second-order valence-electron chi connectivity index (χ2n) is 14.2. The fourth-order valence-corrected chi connectivity index (χ4v) is 9.20. The van der Waals surface area contributed by atoms with Gasteiger partial charge >= 0.3 is 0 Å². The molecule has 4 heteroatoms. The summed E-state index contributed by atoms with van der Waals surface area (Å²) < 4.78 is 20.0. The summed E-state index contributed by atoms with van der Waals surface area (Å²) in [6.07, 6.45) is 0. The summed E-state index contributed by atoms with van der Waals surface area (Å²) in [4.78, 5) is 0. The lowest BCUT2D eigenvalue weighted by Gasteiger charge is -2.33. The molecular formula is C50H29BO3. The molecule has 2 aliphatic rings. The van der Waals surface area contributed by atoms with E-state index >= 15 is 0 Å². The predicted octanol–water partition coefficient (Wildman–Crippen LogP) is 11.6. The molecular weight excluding hydrogens is 659 g/mol.